The van der Waals surface area contributed by atoms with Gasteiger partial charge in [-0.15, -0.1) is 10.2 Å². The van der Waals surface area contributed by atoms with E-state index in [0.717, 1.165) is 57.3 Å². The number of hydrogen-bond acceptors (Lipinski definition) is 7. The zero-order chi connectivity index (χ0) is 24.9. The molecule has 1 amide bonds. The summed E-state index contributed by atoms with van der Waals surface area (Å²) >= 11 is 0. The molecule has 180 valence electrons. The van der Waals surface area contributed by atoms with Crippen LogP contribution in [0.2, 0.25) is 0 Å². The average molecular weight is 463 g/mol. The maximum absolute atomic E-state index is 11.9. The lowest BCUT2D eigenvalue weighted by molar-refractivity contribution is -0.114. The van der Waals surface area contributed by atoms with Gasteiger partial charge in [-0.3, -0.25) is 9.36 Å². The van der Waals surface area contributed by atoms with Crippen molar-refractivity contribution in [1.82, 2.24) is 9.55 Å². The first-order valence-electron chi connectivity index (χ1n) is 12.0. The molecule has 34 heavy (non-hydrogen) atoms. The molecule has 0 aliphatic rings. The van der Waals surface area contributed by atoms with Gasteiger partial charge in [0.05, 0.1) is 5.69 Å². The number of hydrogen-bond donors (Lipinski definition) is 1. The van der Waals surface area contributed by atoms with Gasteiger partial charge in [-0.05, 0) is 37.5 Å². The average Bonchev–Trinajstić information content (AvgIpc) is 3.18. The van der Waals surface area contributed by atoms with E-state index in [1.807, 2.05) is 37.3 Å². The molecule has 0 spiro atoms. The SMILES string of the molecule is CCCCN(CCCC)c1ccc(N=Nc2nc(C#N)c(C#N)n2CCCC)c(NC(C)=O)c1. The molecule has 0 fully saturated rings. The molecule has 0 aliphatic carbocycles. The molecule has 0 bridgehead atoms. The van der Waals surface area contributed by atoms with Crippen molar-refractivity contribution in [3.8, 4) is 12.1 Å². The second kappa shape index (κ2) is 13.7. The minimum Gasteiger partial charge on any atom is -0.371 e. The van der Waals surface area contributed by atoms with E-state index in [-0.39, 0.29) is 23.2 Å². The summed E-state index contributed by atoms with van der Waals surface area (Å²) in [5, 5.41) is 30.3. The topological polar surface area (TPSA) is 122 Å². The second-order valence-electron chi connectivity index (χ2n) is 8.11. The summed E-state index contributed by atoms with van der Waals surface area (Å²) in [5.74, 6) is -0.00262. The number of nitriles is 2. The number of carbonyl (C=O) groups is 1. The van der Waals surface area contributed by atoms with Gasteiger partial charge in [-0.2, -0.15) is 15.5 Å². The molecule has 1 aromatic heterocycles. The number of aromatic nitrogens is 2. The maximum atomic E-state index is 11.9. The highest BCUT2D eigenvalue weighted by atomic mass is 16.1. The van der Waals surface area contributed by atoms with Crippen LogP contribution >= 0.6 is 0 Å². The van der Waals surface area contributed by atoms with Gasteiger partial charge in [-0.1, -0.05) is 40.0 Å². The standard InChI is InChI=1S/C25H34N8O/c1-5-8-13-32(14-9-6-2)20-11-12-21(22(16-20)28-19(4)34)30-31-25-29-23(17-26)24(18-27)33(25)15-10-7-3/h11-12,16H,5-10,13-15H2,1-4H3,(H,28,34). The van der Waals surface area contributed by atoms with E-state index >= 15 is 0 Å². The van der Waals surface area contributed by atoms with E-state index in [2.05, 4.69) is 39.3 Å². The fourth-order valence-electron chi connectivity index (χ4n) is 3.50. The largest absolute Gasteiger partial charge is 0.371 e. The van der Waals surface area contributed by atoms with E-state index < -0.39 is 0 Å². The summed E-state index contributed by atoms with van der Waals surface area (Å²) in [6.45, 7) is 10.2. The molecule has 2 aromatic rings. The van der Waals surface area contributed by atoms with Crippen LogP contribution in [0.4, 0.5) is 23.0 Å². The molecule has 0 saturated heterocycles. The first-order chi connectivity index (χ1) is 16.5. The summed E-state index contributed by atoms with van der Waals surface area (Å²) in [4.78, 5) is 18.4. The molecule has 0 radical (unpaired) electrons. The first kappa shape index (κ1) is 26.5. The Bertz CT molecular complexity index is 1070. The Morgan fingerprint density at radius 3 is 2.29 bits per heavy atom. The van der Waals surface area contributed by atoms with Crippen LogP contribution in [0.5, 0.6) is 0 Å². The highest BCUT2D eigenvalue weighted by Gasteiger charge is 2.17. The summed E-state index contributed by atoms with van der Waals surface area (Å²) in [6.07, 6.45) is 6.12. The van der Waals surface area contributed by atoms with Crippen molar-refractivity contribution in [2.24, 2.45) is 10.2 Å². The van der Waals surface area contributed by atoms with E-state index in [0.29, 0.717) is 17.9 Å². The molecule has 1 heterocycles. The third-order valence-corrected chi connectivity index (χ3v) is 5.36. The highest BCUT2D eigenvalue weighted by Crippen LogP contribution is 2.32. The molecule has 2 rings (SSSR count). The third kappa shape index (κ3) is 7.14. The van der Waals surface area contributed by atoms with Crippen LogP contribution in [0.3, 0.4) is 0 Å². The first-order valence-corrected chi connectivity index (χ1v) is 12.0. The molecule has 1 aromatic carbocycles. The minimum atomic E-state index is -0.203. The van der Waals surface area contributed by atoms with Gasteiger partial charge in [0.1, 0.15) is 17.8 Å². The monoisotopic (exact) mass is 462 g/mol. The van der Waals surface area contributed by atoms with Crippen LogP contribution in [0.25, 0.3) is 0 Å². The maximum Gasteiger partial charge on any atom is 0.251 e. The van der Waals surface area contributed by atoms with Crippen molar-refractivity contribution >= 4 is 28.9 Å². The van der Waals surface area contributed by atoms with Crippen molar-refractivity contribution in [3.63, 3.8) is 0 Å². The lowest BCUT2D eigenvalue weighted by Crippen LogP contribution is -2.25. The fraction of sp³-hybridized carbons (Fsp3) is 0.520. The van der Waals surface area contributed by atoms with Gasteiger partial charge >= 0.3 is 0 Å². The molecular weight excluding hydrogens is 428 g/mol. The van der Waals surface area contributed by atoms with Gasteiger partial charge in [-0.25, -0.2) is 0 Å². The molecule has 1 N–H and O–H groups in total. The Morgan fingerprint density at radius 1 is 1.06 bits per heavy atom. The molecule has 0 unspecified atom stereocenters. The summed E-state index contributed by atoms with van der Waals surface area (Å²) < 4.78 is 1.62. The van der Waals surface area contributed by atoms with Crippen LogP contribution in [0.15, 0.2) is 28.4 Å². The number of anilines is 2. The normalized spacial score (nSPS) is 10.8. The zero-order valence-corrected chi connectivity index (χ0v) is 20.6. The number of imidazole rings is 1. The predicted molar refractivity (Wildman–Crippen MR) is 134 cm³/mol. The number of nitrogens with one attached hydrogen (secondary N) is 1. The number of unbranched alkanes of at least 4 members (excludes halogenated alkanes) is 3. The number of nitrogens with zero attached hydrogens (tertiary/aromatic N) is 7. The molecule has 0 aliphatic heterocycles. The summed E-state index contributed by atoms with van der Waals surface area (Å²) in [7, 11) is 0. The van der Waals surface area contributed by atoms with Gasteiger partial charge in [0.25, 0.3) is 5.95 Å². The molecule has 9 nitrogen and oxygen atoms in total. The number of amides is 1. The van der Waals surface area contributed by atoms with Crippen LogP contribution in [0.1, 0.15) is 77.6 Å². The van der Waals surface area contributed by atoms with E-state index in [1.165, 1.54) is 6.92 Å². The smallest absolute Gasteiger partial charge is 0.251 e. The van der Waals surface area contributed by atoms with E-state index in [9.17, 15) is 15.3 Å². The van der Waals surface area contributed by atoms with Crippen LogP contribution in [-0.4, -0.2) is 28.5 Å². The van der Waals surface area contributed by atoms with Crippen molar-refractivity contribution in [2.45, 2.75) is 72.8 Å². The Kier molecular flexibility index (Phi) is 10.7. The molecule has 9 heteroatoms. The Hall–Kier alpha value is -3.72. The number of carbonyl (C=O) groups excluding carboxylic acids is 1. The zero-order valence-electron chi connectivity index (χ0n) is 20.6. The molecule has 0 saturated carbocycles. The summed E-state index contributed by atoms with van der Waals surface area (Å²) in [6, 6.07) is 9.73. The van der Waals surface area contributed by atoms with Gasteiger partial charge in [0.2, 0.25) is 5.91 Å². The van der Waals surface area contributed by atoms with Crippen LogP contribution < -0.4 is 10.2 Å². The number of azo groups is 1. The number of benzene rings is 1. The highest BCUT2D eigenvalue weighted by molar-refractivity contribution is 5.93. The quantitative estimate of drug-likeness (QED) is 0.355. The van der Waals surface area contributed by atoms with Gasteiger partial charge < -0.3 is 10.2 Å². The van der Waals surface area contributed by atoms with E-state index in [4.69, 9.17) is 0 Å². The minimum absolute atomic E-state index is 0.0347. The lowest BCUT2D eigenvalue weighted by atomic mass is 10.2. The van der Waals surface area contributed by atoms with Crippen molar-refractivity contribution in [1.29, 1.82) is 10.5 Å². The molecule has 0 atom stereocenters. The van der Waals surface area contributed by atoms with E-state index in [1.54, 1.807) is 4.57 Å². The third-order valence-electron chi connectivity index (χ3n) is 5.36. The Labute approximate surface area is 202 Å². The predicted octanol–water partition coefficient (Wildman–Crippen LogP) is 6.21. The Morgan fingerprint density at radius 2 is 1.74 bits per heavy atom. The van der Waals surface area contributed by atoms with Crippen LogP contribution in [-0.2, 0) is 11.3 Å². The second-order valence-corrected chi connectivity index (χ2v) is 8.11. The van der Waals surface area contributed by atoms with Gasteiger partial charge in [0, 0.05) is 32.2 Å². The fourth-order valence-corrected chi connectivity index (χ4v) is 3.50. The lowest BCUT2D eigenvalue weighted by Gasteiger charge is -2.25. The van der Waals surface area contributed by atoms with Crippen molar-refractivity contribution < 1.29 is 4.79 Å². The summed E-state index contributed by atoms with van der Waals surface area (Å²) in [5.41, 5.74) is 2.27. The Balaban J connectivity index is 2.45. The number of rotatable bonds is 13. The molecular formula is C25H34N8O. The van der Waals surface area contributed by atoms with Crippen LogP contribution in [0, 0.1) is 22.7 Å². The van der Waals surface area contributed by atoms with Crippen molar-refractivity contribution in [2.75, 3.05) is 23.3 Å². The van der Waals surface area contributed by atoms with Gasteiger partial charge in [0.15, 0.2) is 11.4 Å². The van der Waals surface area contributed by atoms with Crippen molar-refractivity contribution in [3.05, 3.63) is 29.6 Å².